The van der Waals surface area contributed by atoms with Gasteiger partial charge in [-0.2, -0.15) is 0 Å². The lowest BCUT2D eigenvalue weighted by molar-refractivity contribution is 0.160. The Balaban J connectivity index is 1.86. The van der Waals surface area contributed by atoms with Gasteiger partial charge in [0.05, 0.1) is 11.9 Å². The molecule has 3 aromatic heterocycles. The second kappa shape index (κ2) is 7.79. The topological polar surface area (TPSA) is 83.0 Å². The molecule has 7 heteroatoms. The highest BCUT2D eigenvalue weighted by molar-refractivity contribution is 7.17. The van der Waals surface area contributed by atoms with E-state index >= 15 is 0 Å². The molecule has 0 saturated heterocycles. The van der Waals surface area contributed by atoms with E-state index in [2.05, 4.69) is 33.1 Å². The number of anilines is 1. The van der Waals surface area contributed by atoms with Gasteiger partial charge in [-0.05, 0) is 24.7 Å². The minimum atomic E-state index is -0.674. The molecule has 1 unspecified atom stereocenters. The van der Waals surface area contributed by atoms with E-state index in [4.69, 9.17) is 9.97 Å². The summed E-state index contributed by atoms with van der Waals surface area (Å²) >= 11 is 1.57. The zero-order valence-electron chi connectivity index (χ0n) is 14.8. The van der Waals surface area contributed by atoms with E-state index in [9.17, 15) is 5.11 Å². The molecule has 0 spiro atoms. The Morgan fingerprint density at radius 1 is 1.07 bits per heavy atom. The molecule has 1 aromatic carbocycles. The number of fused-ring (bicyclic) bond motifs is 1. The Morgan fingerprint density at radius 2 is 1.89 bits per heavy atom. The van der Waals surface area contributed by atoms with Gasteiger partial charge < -0.3 is 10.4 Å². The molecule has 3 heterocycles. The molecule has 1 atom stereocenters. The van der Waals surface area contributed by atoms with Gasteiger partial charge in [0.2, 0.25) is 0 Å². The first-order chi connectivity index (χ1) is 13.3. The van der Waals surface area contributed by atoms with Crippen LogP contribution in [-0.2, 0) is 0 Å². The van der Waals surface area contributed by atoms with Crippen molar-refractivity contribution >= 4 is 27.4 Å². The molecule has 4 rings (SSSR count). The van der Waals surface area contributed by atoms with E-state index in [1.165, 1.54) is 0 Å². The van der Waals surface area contributed by atoms with E-state index in [1.54, 1.807) is 24.6 Å². The molecular formula is C20H19N5OS. The van der Waals surface area contributed by atoms with Crippen molar-refractivity contribution in [3.63, 3.8) is 0 Å². The molecule has 136 valence electrons. The standard InChI is InChI=1S/C20H19N5OS/c1-21-16(26)11-23-19-17-14(13-7-3-2-4-8-13)12-27-20(17)25-18(24-19)15-9-5-6-10-22-15/h2-10,12,16,21,26H,11H2,1H3,(H,23,24,25). The summed E-state index contributed by atoms with van der Waals surface area (Å²) in [6, 6.07) is 15.8. The van der Waals surface area contributed by atoms with Crippen LogP contribution in [0.2, 0.25) is 0 Å². The van der Waals surface area contributed by atoms with Crippen LogP contribution in [0.3, 0.4) is 0 Å². The van der Waals surface area contributed by atoms with Crippen LogP contribution in [0.15, 0.2) is 60.1 Å². The number of benzene rings is 1. The molecule has 0 fully saturated rings. The van der Waals surface area contributed by atoms with Crippen LogP contribution in [-0.4, -0.2) is 39.9 Å². The Kier molecular flexibility index (Phi) is 5.06. The second-order valence-corrected chi connectivity index (χ2v) is 6.85. The molecular weight excluding hydrogens is 358 g/mol. The third-order valence-corrected chi connectivity index (χ3v) is 5.08. The van der Waals surface area contributed by atoms with Crippen molar-refractivity contribution in [2.24, 2.45) is 0 Å². The number of nitrogens with one attached hydrogen (secondary N) is 2. The number of pyridine rings is 1. The number of nitrogens with zero attached hydrogens (tertiary/aromatic N) is 3. The number of aliphatic hydroxyl groups is 1. The number of likely N-dealkylation sites (N-methyl/N-ethyl adjacent to an activating group) is 1. The maximum absolute atomic E-state index is 9.89. The van der Waals surface area contributed by atoms with Gasteiger partial charge in [-0.25, -0.2) is 9.97 Å². The molecule has 4 aromatic rings. The van der Waals surface area contributed by atoms with Crippen molar-refractivity contribution in [3.05, 3.63) is 60.1 Å². The molecule has 0 aliphatic heterocycles. The zero-order valence-corrected chi connectivity index (χ0v) is 15.6. The molecule has 0 radical (unpaired) electrons. The number of hydrogen-bond donors (Lipinski definition) is 3. The van der Waals surface area contributed by atoms with E-state index in [-0.39, 0.29) is 0 Å². The summed E-state index contributed by atoms with van der Waals surface area (Å²) in [6.07, 6.45) is 1.05. The monoisotopic (exact) mass is 377 g/mol. The largest absolute Gasteiger partial charge is 0.377 e. The van der Waals surface area contributed by atoms with Gasteiger partial charge in [0, 0.05) is 17.1 Å². The summed E-state index contributed by atoms with van der Waals surface area (Å²) in [5.74, 6) is 1.25. The molecule has 0 aliphatic carbocycles. The van der Waals surface area contributed by atoms with Crippen molar-refractivity contribution in [2.45, 2.75) is 6.23 Å². The van der Waals surface area contributed by atoms with Crippen LogP contribution < -0.4 is 10.6 Å². The molecule has 0 bridgehead atoms. The lowest BCUT2D eigenvalue weighted by Crippen LogP contribution is -2.32. The first-order valence-electron chi connectivity index (χ1n) is 8.61. The molecule has 3 N–H and O–H groups in total. The van der Waals surface area contributed by atoms with Crippen LogP contribution in [0, 0.1) is 0 Å². The van der Waals surface area contributed by atoms with Gasteiger partial charge in [0.25, 0.3) is 0 Å². The number of hydrogen-bond acceptors (Lipinski definition) is 7. The van der Waals surface area contributed by atoms with E-state index in [0.29, 0.717) is 23.9 Å². The summed E-state index contributed by atoms with van der Waals surface area (Å²) in [5.41, 5.74) is 2.89. The van der Waals surface area contributed by atoms with Crippen molar-refractivity contribution in [1.82, 2.24) is 20.3 Å². The molecule has 0 saturated carbocycles. The van der Waals surface area contributed by atoms with Crippen molar-refractivity contribution in [3.8, 4) is 22.6 Å². The SMILES string of the molecule is CNC(O)CNc1nc(-c2ccccn2)nc2scc(-c3ccccc3)c12. The van der Waals surface area contributed by atoms with Crippen molar-refractivity contribution in [2.75, 3.05) is 18.9 Å². The minimum Gasteiger partial charge on any atom is -0.377 e. The lowest BCUT2D eigenvalue weighted by atomic mass is 10.1. The second-order valence-electron chi connectivity index (χ2n) is 5.99. The van der Waals surface area contributed by atoms with Crippen LogP contribution in [0.5, 0.6) is 0 Å². The summed E-state index contributed by atoms with van der Waals surface area (Å²) in [6.45, 7) is 0.328. The summed E-state index contributed by atoms with van der Waals surface area (Å²) < 4.78 is 0. The van der Waals surface area contributed by atoms with E-state index in [1.807, 2.05) is 36.4 Å². The van der Waals surface area contributed by atoms with Crippen molar-refractivity contribution < 1.29 is 5.11 Å². The van der Waals surface area contributed by atoms with Gasteiger partial charge in [-0.15, -0.1) is 11.3 Å². The molecule has 6 nitrogen and oxygen atoms in total. The Labute approximate surface area is 161 Å². The normalized spacial score (nSPS) is 12.2. The van der Waals surface area contributed by atoms with E-state index in [0.717, 1.165) is 21.3 Å². The summed E-state index contributed by atoms with van der Waals surface area (Å²) in [7, 11) is 1.71. The average Bonchev–Trinajstić information content (AvgIpc) is 3.17. The van der Waals surface area contributed by atoms with Crippen LogP contribution in [0.25, 0.3) is 32.9 Å². The first-order valence-corrected chi connectivity index (χ1v) is 9.49. The van der Waals surface area contributed by atoms with Crippen LogP contribution in [0.4, 0.5) is 5.82 Å². The average molecular weight is 377 g/mol. The van der Waals surface area contributed by atoms with Gasteiger partial charge >= 0.3 is 0 Å². The molecule has 27 heavy (non-hydrogen) atoms. The quantitative estimate of drug-likeness (QED) is 0.447. The predicted octanol–water partition coefficient (Wildman–Crippen LogP) is 3.37. The number of aliphatic hydroxyl groups excluding tert-OH is 1. The fraction of sp³-hybridized carbons (Fsp3) is 0.150. The van der Waals surface area contributed by atoms with Crippen LogP contribution >= 0.6 is 11.3 Å². The van der Waals surface area contributed by atoms with Gasteiger partial charge in [-0.1, -0.05) is 36.4 Å². The highest BCUT2D eigenvalue weighted by Gasteiger charge is 2.17. The zero-order chi connectivity index (χ0) is 18.6. The Hall–Kier alpha value is -2.87. The maximum atomic E-state index is 9.89. The lowest BCUT2D eigenvalue weighted by Gasteiger charge is -2.13. The van der Waals surface area contributed by atoms with E-state index < -0.39 is 6.23 Å². The first kappa shape index (κ1) is 17.5. The molecule has 0 aliphatic rings. The highest BCUT2D eigenvalue weighted by Crippen LogP contribution is 2.37. The van der Waals surface area contributed by atoms with Gasteiger partial charge in [0.15, 0.2) is 5.82 Å². The Bertz CT molecular complexity index is 1040. The fourth-order valence-corrected chi connectivity index (χ4v) is 3.75. The number of aromatic nitrogens is 3. The minimum absolute atomic E-state index is 0.328. The highest BCUT2D eigenvalue weighted by atomic mass is 32.1. The summed E-state index contributed by atoms with van der Waals surface area (Å²) in [5, 5.41) is 19.0. The smallest absolute Gasteiger partial charge is 0.181 e. The van der Waals surface area contributed by atoms with Gasteiger partial charge in [0.1, 0.15) is 22.6 Å². The van der Waals surface area contributed by atoms with Crippen LogP contribution in [0.1, 0.15) is 0 Å². The molecule has 0 amide bonds. The third-order valence-electron chi connectivity index (χ3n) is 4.21. The predicted molar refractivity (Wildman–Crippen MR) is 110 cm³/mol. The summed E-state index contributed by atoms with van der Waals surface area (Å²) in [4.78, 5) is 14.7. The Morgan fingerprint density at radius 3 is 2.63 bits per heavy atom. The fourth-order valence-electron chi connectivity index (χ4n) is 2.80. The number of thiophene rings is 1. The maximum Gasteiger partial charge on any atom is 0.181 e. The van der Waals surface area contributed by atoms with Crippen molar-refractivity contribution in [1.29, 1.82) is 0 Å². The van der Waals surface area contributed by atoms with Gasteiger partial charge in [-0.3, -0.25) is 10.3 Å². The third kappa shape index (κ3) is 3.66. The number of rotatable bonds is 6.